The molecule has 2 N–H and O–H groups in total. The Morgan fingerprint density at radius 1 is 1.47 bits per heavy atom. The highest BCUT2D eigenvalue weighted by Gasteiger charge is 2.30. The van der Waals surface area contributed by atoms with E-state index in [1.807, 2.05) is 0 Å². The smallest absolute Gasteiger partial charge is 0.484 e. The summed E-state index contributed by atoms with van der Waals surface area (Å²) >= 11 is 0. The lowest BCUT2D eigenvalue weighted by Crippen LogP contribution is -2.37. The first-order chi connectivity index (χ1) is 7.80. The van der Waals surface area contributed by atoms with Crippen molar-refractivity contribution in [3.63, 3.8) is 0 Å². The van der Waals surface area contributed by atoms with Gasteiger partial charge < -0.3 is 5.11 Å². The van der Waals surface area contributed by atoms with Crippen LogP contribution < -0.4 is 5.32 Å². The summed E-state index contributed by atoms with van der Waals surface area (Å²) in [7, 11) is 0. The van der Waals surface area contributed by atoms with Gasteiger partial charge in [0.1, 0.15) is 5.76 Å². The number of nitrogens with zero attached hydrogens (tertiary/aromatic N) is 1. The number of alkyl halides is 3. The second-order valence-corrected chi connectivity index (χ2v) is 2.96. The number of hydrogen-bond donors (Lipinski definition) is 2. The van der Waals surface area contributed by atoms with Crippen molar-refractivity contribution in [1.82, 2.24) is 5.32 Å². The molecule has 7 heteroatoms. The summed E-state index contributed by atoms with van der Waals surface area (Å²) in [5.74, 6) is 0.300. The number of nitriles is 1. The number of rotatable bonds is 4. The van der Waals surface area contributed by atoms with Crippen molar-refractivity contribution in [3.8, 4) is 18.4 Å². The molecule has 0 radical (unpaired) electrons. The molecule has 1 amide bonds. The maximum absolute atomic E-state index is 11.7. The summed E-state index contributed by atoms with van der Waals surface area (Å²) in [6.07, 6.45) is -0.722. The molecule has 4 nitrogen and oxygen atoms in total. The van der Waals surface area contributed by atoms with Crippen LogP contribution in [0, 0.1) is 23.7 Å². The topological polar surface area (TPSA) is 73.1 Å². The first-order valence-corrected chi connectivity index (χ1v) is 4.42. The van der Waals surface area contributed by atoms with Crippen LogP contribution in [0.2, 0.25) is 0 Å². The highest BCUT2D eigenvalue weighted by molar-refractivity contribution is 5.79. The van der Waals surface area contributed by atoms with Gasteiger partial charge in [-0.3, -0.25) is 10.1 Å². The Morgan fingerprint density at radius 3 is 2.47 bits per heavy atom. The van der Waals surface area contributed by atoms with Crippen LogP contribution in [0.25, 0.3) is 0 Å². The van der Waals surface area contributed by atoms with Crippen molar-refractivity contribution in [2.75, 3.05) is 0 Å². The molecule has 0 spiro atoms. The van der Waals surface area contributed by atoms with E-state index in [2.05, 4.69) is 5.92 Å². The van der Waals surface area contributed by atoms with Crippen LogP contribution in [0.1, 0.15) is 19.3 Å². The van der Waals surface area contributed by atoms with Gasteiger partial charge in [0.15, 0.2) is 0 Å². The normalized spacial score (nSPS) is 12.1. The van der Waals surface area contributed by atoms with Crippen LogP contribution in [0.15, 0.2) is 11.3 Å². The molecule has 17 heavy (non-hydrogen) atoms. The molecule has 0 fully saturated rings. The number of amides is 1. The number of aliphatic hydroxyl groups is 1. The van der Waals surface area contributed by atoms with E-state index in [1.54, 1.807) is 0 Å². The van der Waals surface area contributed by atoms with Crippen molar-refractivity contribution in [3.05, 3.63) is 11.3 Å². The molecular formula is C10H9F3N2O2. The van der Waals surface area contributed by atoms with E-state index in [9.17, 15) is 23.1 Å². The summed E-state index contributed by atoms with van der Waals surface area (Å²) in [6.45, 7) is 0. The molecule has 0 bridgehead atoms. The van der Waals surface area contributed by atoms with Crippen LogP contribution in [-0.2, 0) is 4.79 Å². The minimum absolute atomic E-state index is 0.0569. The monoisotopic (exact) mass is 246 g/mol. The Balaban J connectivity index is 4.57. The van der Waals surface area contributed by atoms with Crippen molar-refractivity contribution in [1.29, 1.82) is 5.26 Å². The second-order valence-electron chi connectivity index (χ2n) is 2.96. The standard InChI is InChI=1S/C10H9F3N2O2/c1-2-3-4-8(16)7(6-14)5-9(17)15-10(11,12)13/h1,16H,3-5H2,(H,15,17)/b8-7-. The second kappa shape index (κ2) is 6.44. The number of terminal acetylenes is 1. The predicted octanol–water partition coefficient (Wildman–Crippen LogP) is 1.76. The van der Waals surface area contributed by atoms with Crippen LogP contribution in [-0.4, -0.2) is 17.3 Å². The average molecular weight is 246 g/mol. The molecular weight excluding hydrogens is 237 g/mol. The molecule has 0 saturated heterocycles. The van der Waals surface area contributed by atoms with Gasteiger partial charge in [-0.15, -0.1) is 12.3 Å². The fourth-order valence-electron chi connectivity index (χ4n) is 0.910. The Morgan fingerprint density at radius 2 is 2.06 bits per heavy atom. The number of hydrogen-bond acceptors (Lipinski definition) is 3. The molecule has 0 aliphatic heterocycles. The zero-order chi connectivity index (χ0) is 13.5. The highest BCUT2D eigenvalue weighted by atomic mass is 19.4. The van der Waals surface area contributed by atoms with Gasteiger partial charge in [-0.05, 0) is 0 Å². The molecule has 0 saturated carbocycles. The van der Waals surface area contributed by atoms with Crippen molar-refractivity contribution in [2.45, 2.75) is 25.6 Å². The lowest BCUT2D eigenvalue weighted by atomic mass is 10.1. The molecule has 0 aliphatic carbocycles. The van der Waals surface area contributed by atoms with Crippen LogP contribution in [0.5, 0.6) is 0 Å². The maximum Gasteiger partial charge on any atom is 0.484 e. The lowest BCUT2D eigenvalue weighted by Gasteiger charge is -2.08. The Bertz CT molecular complexity index is 399. The van der Waals surface area contributed by atoms with E-state index < -0.39 is 30.0 Å². The Kier molecular flexibility index (Phi) is 5.62. The van der Waals surface area contributed by atoms with E-state index in [1.165, 1.54) is 6.07 Å². The molecule has 92 valence electrons. The zero-order valence-corrected chi connectivity index (χ0v) is 8.64. The summed E-state index contributed by atoms with van der Waals surface area (Å²) in [4.78, 5) is 10.8. The minimum atomic E-state index is -4.86. The molecule has 0 aromatic rings. The number of nitrogens with one attached hydrogen (secondary N) is 1. The molecule has 0 aromatic carbocycles. The van der Waals surface area contributed by atoms with E-state index in [4.69, 9.17) is 11.7 Å². The van der Waals surface area contributed by atoms with Crippen molar-refractivity contribution < 1.29 is 23.1 Å². The Hall–Kier alpha value is -2.15. The number of carbonyl (C=O) groups excluding carboxylic acids is 1. The average Bonchev–Trinajstić information content (AvgIpc) is 2.19. The molecule has 0 aliphatic rings. The quantitative estimate of drug-likeness (QED) is 0.343. The van der Waals surface area contributed by atoms with Crippen LogP contribution in [0.3, 0.4) is 0 Å². The van der Waals surface area contributed by atoms with E-state index in [0.717, 1.165) is 5.32 Å². The fraction of sp³-hybridized carbons (Fsp3) is 0.400. The lowest BCUT2D eigenvalue weighted by molar-refractivity contribution is -0.169. The number of halogens is 3. The Labute approximate surface area is 95.7 Å². The van der Waals surface area contributed by atoms with E-state index in [0.29, 0.717) is 0 Å². The summed E-state index contributed by atoms with van der Waals surface area (Å²) in [5, 5.41) is 18.6. The van der Waals surface area contributed by atoms with Gasteiger partial charge in [0.2, 0.25) is 5.91 Å². The van der Waals surface area contributed by atoms with Crippen LogP contribution >= 0.6 is 0 Å². The van der Waals surface area contributed by atoms with Crippen molar-refractivity contribution >= 4 is 5.91 Å². The molecule has 0 heterocycles. The third-order valence-electron chi connectivity index (χ3n) is 1.61. The highest BCUT2D eigenvalue weighted by Crippen LogP contribution is 2.14. The van der Waals surface area contributed by atoms with Gasteiger partial charge in [0.05, 0.1) is 18.1 Å². The third-order valence-corrected chi connectivity index (χ3v) is 1.61. The summed E-state index contributed by atoms with van der Waals surface area (Å²) in [5.41, 5.74) is -0.429. The SMILES string of the molecule is C#CCC/C(O)=C(/C#N)CC(=O)NC(F)(F)F. The van der Waals surface area contributed by atoms with Gasteiger partial charge in [-0.2, -0.15) is 18.4 Å². The van der Waals surface area contributed by atoms with Crippen LogP contribution in [0.4, 0.5) is 13.2 Å². The molecule has 0 rings (SSSR count). The van der Waals surface area contributed by atoms with Gasteiger partial charge in [0.25, 0.3) is 0 Å². The summed E-state index contributed by atoms with van der Waals surface area (Å²) < 4.78 is 35.2. The van der Waals surface area contributed by atoms with Gasteiger partial charge in [-0.25, -0.2) is 0 Å². The molecule has 0 aromatic heterocycles. The van der Waals surface area contributed by atoms with Gasteiger partial charge in [-0.1, -0.05) is 0 Å². The summed E-state index contributed by atoms with van der Waals surface area (Å²) in [6, 6.07) is 1.46. The molecule has 0 unspecified atom stereocenters. The third kappa shape index (κ3) is 6.85. The maximum atomic E-state index is 11.7. The molecule has 0 atom stereocenters. The largest absolute Gasteiger partial charge is 0.511 e. The fourth-order valence-corrected chi connectivity index (χ4v) is 0.910. The van der Waals surface area contributed by atoms with Gasteiger partial charge >= 0.3 is 6.30 Å². The van der Waals surface area contributed by atoms with E-state index in [-0.39, 0.29) is 12.8 Å². The first-order valence-electron chi connectivity index (χ1n) is 4.42. The first kappa shape index (κ1) is 14.8. The van der Waals surface area contributed by atoms with E-state index >= 15 is 0 Å². The number of carbonyl (C=O) groups is 1. The number of aliphatic hydroxyl groups excluding tert-OH is 1. The van der Waals surface area contributed by atoms with Crippen molar-refractivity contribution in [2.24, 2.45) is 0 Å². The predicted molar refractivity (Wildman–Crippen MR) is 52.1 cm³/mol. The number of allylic oxidation sites excluding steroid dienone is 1. The van der Waals surface area contributed by atoms with Gasteiger partial charge in [0, 0.05) is 12.8 Å². The minimum Gasteiger partial charge on any atom is -0.511 e. The zero-order valence-electron chi connectivity index (χ0n) is 8.64.